The third-order valence-electron chi connectivity index (χ3n) is 7.78. The number of phenols is 1. The van der Waals surface area contributed by atoms with E-state index in [-0.39, 0.29) is 22.5 Å². The molecule has 0 spiro atoms. The fraction of sp³-hybridized carbons (Fsp3) is 0.229. The number of ether oxygens (including phenoxy) is 1. The van der Waals surface area contributed by atoms with E-state index in [4.69, 9.17) is 4.74 Å². The summed E-state index contributed by atoms with van der Waals surface area (Å²) < 4.78 is 5.68. The smallest absolute Gasteiger partial charge is 0.335 e. The molecule has 0 fully saturated rings. The summed E-state index contributed by atoms with van der Waals surface area (Å²) in [5.41, 5.74) is 5.61. The molecule has 0 saturated heterocycles. The van der Waals surface area contributed by atoms with Gasteiger partial charge in [0.15, 0.2) is 0 Å². The number of phenolic OH excluding ortho intramolecular Hbond substituents is 1. The van der Waals surface area contributed by atoms with E-state index in [1.807, 2.05) is 61.5 Å². The van der Waals surface area contributed by atoms with Crippen LogP contribution in [0.2, 0.25) is 0 Å². The van der Waals surface area contributed by atoms with Crippen LogP contribution in [0.15, 0.2) is 110 Å². The lowest BCUT2D eigenvalue weighted by Crippen LogP contribution is -2.20. The number of rotatable bonds is 8. The molecule has 1 unspecified atom stereocenters. The molecule has 3 heteroatoms. The monoisotopic (exact) mass is 504 g/mol. The average molecular weight is 505 g/mol. The summed E-state index contributed by atoms with van der Waals surface area (Å²) in [6, 6.07) is 32.4. The van der Waals surface area contributed by atoms with Crippen molar-refractivity contribution in [3.05, 3.63) is 143 Å². The molecule has 0 heterocycles. The largest absolute Gasteiger partial charge is 0.508 e. The minimum atomic E-state index is -0.517. The van der Waals surface area contributed by atoms with Crippen molar-refractivity contribution in [2.75, 3.05) is 0 Å². The van der Waals surface area contributed by atoms with E-state index in [1.54, 1.807) is 6.07 Å². The Kier molecular flexibility index (Phi) is 7.59. The highest BCUT2D eigenvalue weighted by Crippen LogP contribution is 2.42. The van der Waals surface area contributed by atoms with Gasteiger partial charge in [0.25, 0.3) is 0 Å². The van der Waals surface area contributed by atoms with Crippen molar-refractivity contribution in [2.45, 2.75) is 51.4 Å². The maximum Gasteiger partial charge on any atom is 0.335 e. The van der Waals surface area contributed by atoms with Crippen molar-refractivity contribution < 1.29 is 14.6 Å². The molecule has 0 aromatic heterocycles. The zero-order valence-corrected chi connectivity index (χ0v) is 22.9. The van der Waals surface area contributed by atoms with Crippen LogP contribution in [-0.2, 0) is 15.6 Å². The first-order valence-corrected chi connectivity index (χ1v) is 13.0. The molecule has 1 atom stereocenters. The van der Waals surface area contributed by atoms with Crippen molar-refractivity contribution in [1.82, 2.24) is 0 Å². The van der Waals surface area contributed by atoms with Crippen LogP contribution in [0.25, 0.3) is 0 Å². The SMILES string of the molecule is C=CC(=O)Oc1ccc(C(C)(C)c2ccccc2)cc1C(C)c1cc(C(C)(C)c2ccccc2)ccc1O. The molecule has 0 saturated carbocycles. The van der Waals surface area contributed by atoms with Gasteiger partial charge in [-0.05, 0) is 34.4 Å². The Labute approximate surface area is 226 Å². The van der Waals surface area contributed by atoms with Gasteiger partial charge >= 0.3 is 5.97 Å². The third kappa shape index (κ3) is 5.28. The quantitative estimate of drug-likeness (QED) is 0.149. The number of carbonyl (C=O) groups is 1. The molecule has 38 heavy (non-hydrogen) atoms. The number of hydrogen-bond donors (Lipinski definition) is 1. The Morgan fingerprint density at radius 1 is 0.737 bits per heavy atom. The summed E-state index contributed by atoms with van der Waals surface area (Å²) in [6.07, 6.45) is 1.16. The average Bonchev–Trinajstić information content (AvgIpc) is 2.93. The van der Waals surface area contributed by atoms with E-state index in [1.165, 1.54) is 11.1 Å². The van der Waals surface area contributed by atoms with Gasteiger partial charge in [0.2, 0.25) is 0 Å². The lowest BCUT2D eigenvalue weighted by atomic mass is 9.75. The van der Waals surface area contributed by atoms with Gasteiger partial charge in [-0.1, -0.05) is 126 Å². The standard InChI is InChI=1S/C35H36O3/c1-7-33(37)38-32-21-19-28(35(5,6)26-16-12-9-13-17-26)23-30(32)24(2)29-22-27(18-20-31(29)36)34(3,4)25-14-10-8-11-15-25/h7-24,36H,1H2,2-6H3. The van der Waals surface area contributed by atoms with Crippen molar-refractivity contribution in [3.8, 4) is 11.5 Å². The Morgan fingerprint density at radius 3 is 1.71 bits per heavy atom. The number of carbonyl (C=O) groups excluding carboxylic acids is 1. The molecule has 3 nitrogen and oxygen atoms in total. The van der Waals surface area contributed by atoms with Crippen LogP contribution in [0.1, 0.15) is 73.9 Å². The van der Waals surface area contributed by atoms with Crippen LogP contribution >= 0.6 is 0 Å². The van der Waals surface area contributed by atoms with Crippen molar-refractivity contribution >= 4 is 5.97 Å². The first kappa shape index (κ1) is 26.9. The van der Waals surface area contributed by atoms with Crippen LogP contribution in [0, 0.1) is 0 Å². The summed E-state index contributed by atoms with van der Waals surface area (Å²) in [5.74, 6) is -0.0988. The zero-order valence-electron chi connectivity index (χ0n) is 22.9. The van der Waals surface area contributed by atoms with Crippen LogP contribution < -0.4 is 4.74 Å². The molecular weight excluding hydrogens is 468 g/mol. The highest BCUT2D eigenvalue weighted by Gasteiger charge is 2.28. The van der Waals surface area contributed by atoms with Crippen molar-refractivity contribution in [3.63, 3.8) is 0 Å². The predicted octanol–water partition coefficient (Wildman–Crippen LogP) is 8.29. The van der Waals surface area contributed by atoms with Crippen LogP contribution in [0.5, 0.6) is 11.5 Å². The molecule has 4 rings (SSSR count). The second-order valence-corrected chi connectivity index (χ2v) is 10.9. The molecular formula is C35H36O3. The third-order valence-corrected chi connectivity index (χ3v) is 7.78. The maximum atomic E-state index is 12.2. The van der Waals surface area contributed by atoms with E-state index in [9.17, 15) is 9.90 Å². The van der Waals surface area contributed by atoms with Crippen molar-refractivity contribution in [2.24, 2.45) is 0 Å². The number of esters is 1. The van der Waals surface area contributed by atoms with Gasteiger partial charge in [0.05, 0.1) is 0 Å². The first-order chi connectivity index (χ1) is 18.1. The summed E-state index contributed by atoms with van der Waals surface area (Å²) in [7, 11) is 0. The molecule has 0 aliphatic carbocycles. The van der Waals surface area contributed by atoms with E-state index in [0.717, 1.165) is 28.3 Å². The van der Waals surface area contributed by atoms with Gasteiger partial charge in [-0.25, -0.2) is 4.79 Å². The minimum Gasteiger partial charge on any atom is -0.508 e. The van der Waals surface area contributed by atoms with Crippen LogP contribution in [0.3, 0.4) is 0 Å². The van der Waals surface area contributed by atoms with Crippen LogP contribution in [0.4, 0.5) is 0 Å². The Balaban J connectivity index is 1.83. The Hall–Kier alpha value is -4.11. The fourth-order valence-electron chi connectivity index (χ4n) is 5.02. The van der Waals surface area contributed by atoms with E-state index in [2.05, 4.69) is 70.7 Å². The molecule has 0 radical (unpaired) electrons. The Morgan fingerprint density at radius 2 is 1.21 bits per heavy atom. The molecule has 194 valence electrons. The molecule has 0 bridgehead atoms. The van der Waals surface area contributed by atoms with Gasteiger partial charge in [-0.3, -0.25) is 0 Å². The zero-order chi connectivity index (χ0) is 27.5. The molecule has 0 aliphatic rings. The van der Waals surface area contributed by atoms with Gasteiger partial charge in [0, 0.05) is 34.0 Å². The lowest BCUT2D eigenvalue weighted by molar-refractivity contribution is -0.129. The number of hydrogen-bond acceptors (Lipinski definition) is 3. The fourth-order valence-corrected chi connectivity index (χ4v) is 5.02. The van der Waals surface area contributed by atoms with Gasteiger partial charge in [-0.2, -0.15) is 0 Å². The summed E-state index contributed by atoms with van der Waals surface area (Å²) in [5, 5.41) is 11.0. The van der Waals surface area contributed by atoms with Crippen molar-refractivity contribution in [1.29, 1.82) is 0 Å². The highest BCUT2D eigenvalue weighted by atomic mass is 16.5. The summed E-state index contributed by atoms with van der Waals surface area (Å²) in [6.45, 7) is 14.3. The molecule has 0 amide bonds. The first-order valence-electron chi connectivity index (χ1n) is 13.0. The second-order valence-electron chi connectivity index (χ2n) is 10.9. The molecule has 0 aliphatic heterocycles. The molecule has 4 aromatic rings. The molecule has 4 aromatic carbocycles. The predicted molar refractivity (Wildman–Crippen MR) is 155 cm³/mol. The Bertz CT molecular complexity index is 1430. The maximum absolute atomic E-state index is 12.2. The summed E-state index contributed by atoms with van der Waals surface area (Å²) >= 11 is 0. The number of aromatic hydroxyl groups is 1. The van der Waals surface area contributed by atoms with Gasteiger partial charge < -0.3 is 9.84 Å². The van der Waals surface area contributed by atoms with E-state index < -0.39 is 5.97 Å². The van der Waals surface area contributed by atoms with Gasteiger partial charge in [0.1, 0.15) is 11.5 Å². The lowest BCUT2D eigenvalue weighted by Gasteiger charge is -2.29. The van der Waals surface area contributed by atoms with Gasteiger partial charge in [-0.15, -0.1) is 0 Å². The number of benzene rings is 4. The van der Waals surface area contributed by atoms with E-state index >= 15 is 0 Å². The highest BCUT2D eigenvalue weighted by molar-refractivity contribution is 5.83. The molecule has 1 N–H and O–H groups in total. The summed E-state index contributed by atoms with van der Waals surface area (Å²) in [4.78, 5) is 12.2. The second kappa shape index (κ2) is 10.7. The van der Waals surface area contributed by atoms with Crippen LogP contribution in [-0.4, -0.2) is 11.1 Å². The van der Waals surface area contributed by atoms with E-state index in [0.29, 0.717) is 5.75 Å². The normalized spacial score (nSPS) is 12.6. The minimum absolute atomic E-state index is 0.207. The topological polar surface area (TPSA) is 46.5 Å².